The van der Waals surface area contributed by atoms with E-state index in [1.807, 2.05) is 0 Å². The molecule has 1 amide bonds. The van der Waals surface area contributed by atoms with Gasteiger partial charge in [0, 0.05) is 12.1 Å². The van der Waals surface area contributed by atoms with Gasteiger partial charge in [-0.25, -0.2) is 9.78 Å². The monoisotopic (exact) mass is 395 g/mol. The van der Waals surface area contributed by atoms with Gasteiger partial charge in [0.2, 0.25) is 5.91 Å². The topological polar surface area (TPSA) is 111 Å². The van der Waals surface area contributed by atoms with Crippen LogP contribution in [0.25, 0.3) is 6.08 Å². The number of rotatable bonds is 6. The zero-order valence-electron chi connectivity index (χ0n) is 13.8. The third-order valence-corrected chi connectivity index (χ3v) is 4.45. The minimum Gasteiger partial charge on any atom is -0.462 e. The Balaban J connectivity index is 2.08. The molecule has 0 aliphatic rings. The summed E-state index contributed by atoms with van der Waals surface area (Å²) in [5.41, 5.74) is 0.656. The van der Waals surface area contributed by atoms with Gasteiger partial charge in [-0.3, -0.25) is 20.2 Å². The first kappa shape index (κ1) is 19.5. The van der Waals surface area contributed by atoms with Crippen LogP contribution >= 0.6 is 22.9 Å². The smallest absolute Gasteiger partial charge is 0.350 e. The van der Waals surface area contributed by atoms with E-state index < -0.39 is 16.8 Å². The number of nitrogens with zero attached hydrogens (tertiary/aromatic N) is 2. The van der Waals surface area contributed by atoms with Crippen LogP contribution in [0.4, 0.5) is 10.8 Å². The average molecular weight is 396 g/mol. The van der Waals surface area contributed by atoms with Gasteiger partial charge in [0.15, 0.2) is 5.13 Å². The van der Waals surface area contributed by atoms with Gasteiger partial charge < -0.3 is 4.74 Å². The molecule has 0 unspecified atom stereocenters. The SMILES string of the molecule is CCOC(=O)c1sc(NC(=O)C=Cc2ccc(Cl)c([N+](=O)[O-])c2)nc1C. The molecule has 2 rings (SSSR count). The molecule has 0 saturated heterocycles. The lowest BCUT2D eigenvalue weighted by atomic mass is 10.2. The molecule has 0 atom stereocenters. The fourth-order valence-corrected chi connectivity index (χ4v) is 2.98. The first-order valence-corrected chi connectivity index (χ1v) is 8.58. The highest BCUT2D eigenvalue weighted by molar-refractivity contribution is 7.17. The summed E-state index contributed by atoms with van der Waals surface area (Å²) in [6.45, 7) is 3.58. The van der Waals surface area contributed by atoms with Crippen molar-refractivity contribution in [3.05, 3.63) is 55.5 Å². The molecule has 0 aliphatic heterocycles. The number of esters is 1. The van der Waals surface area contributed by atoms with E-state index in [0.29, 0.717) is 16.1 Å². The third-order valence-electron chi connectivity index (χ3n) is 3.08. The van der Waals surface area contributed by atoms with E-state index in [-0.39, 0.29) is 22.4 Å². The Kier molecular flexibility index (Phi) is 6.42. The van der Waals surface area contributed by atoms with Gasteiger partial charge in [0.05, 0.1) is 17.2 Å². The molecule has 1 aromatic heterocycles. The fourth-order valence-electron chi connectivity index (χ4n) is 1.93. The zero-order chi connectivity index (χ0) is 19.3. The molecule has 1 heterocycles. The number of carbonyl (C=O) groups is 2. The van der Waals surface area contributed by atoms with Crippen LogP contribution < -0.4 is 5.32 Å². The van der Waals surface area contributed by atoms with E-state index in [4.69, 9.17) is 16.3 Å². The zero-order valence-corrected chi connectivity index (χ0v) is 15.4. The number of aryl methyl sites for hydroxylation is 1. The summed E-state index contributed by atoms with van der Waals surface area (Å²) in [4.78, 5) is 38.4. The number of thiazole rings is 1. The summed E-state index contributed by atoms with van der Waals surface area (Å²) in [5.74, 6) is -0.987. The molecule has 1 aromatic carbocycles. The minimum absolute atomic E-state index is 0.0151. The number of nitro groups is 1. The van der Waals surface area contributed by atoms with E-state index in [2.05, 4.69) is 10.3 Å². The maximum absolute atomic E-state index is 12.0. The molecular weight excluding hydrogens is 382 g/mol. The molecule has 10 heteroatoms. The molecular formula is C16H14ClN3O5S. The maximum Gasteiger partial charge on any atom is 0.350 e. The number of nitrogens with one attached hydrogen (secondary N) is 1. The molecule has 0 radical (unpaired) electrons. The molecule has 136 valence electrons. The molecule has 8 nitrogen and oxygen atoms in total. The van der Waals surface area contributed by atoms with Crippen molar-refractivity contribution in [1.82, 2.24) is 4.98 Å². The number of hydrogen-bond donors (Lipinski definition) is 1. The van der Waals surface area contributed by atoms with E-state index in [1.54, 1.807) is 19.9 Å². The normalized spacial score (nSPS) is 10.7. The number of carbonyl (C=O) groups excluding carboxylic acids is 2. The fraction of sp³-hybridized carbons (Fsp3) is 0.188. The van der Waals surface area contributed by atoms with Crippen LogP contribution in [0.5, 0.6) is 0 Å². The second kappa shape index (κ2) is 8.54. The number of hydrogen-bond acceptors (Lipinski definition) is 7. The number of amides is 1. The third kappa shape index (κ3) is 4.87. The number of anilines is 1. The van der Waals surface area contributed by atoms with Crippen LogP contribution in [0.1, 0.15) is 27.9 Å². The summed E-state index contributed by atoms with van der Waals surface area (Å²) in [5, 5.41) is 13.7. The Labute approximate surface area is 157 Å². The summed E-state index contributed by atoms with van der Waals surface area (Å²) >= 11 is 6.74. The van der Waals surface area contributed by atoms with Gasteiger partial charge in [-0.2, -0.15) is 0 Å². The van der Waals surface area contributed by atoms with Crippen molar-refractivity contribution in [1.29, 1.82) is 0 Å². The van der Waals surface area contributed by atoms with Crippen LogP contribution in [0, 0.1) is 17.0 Å². The van der Waals surface area contributed by atoms with Crippen molar-refractivity contribution in [2.45, 2.75) is 13.8 Å². The molecule has 0 bridgehead atoms. The summed E-state index contributed by atoms with van der Waals surface area (Å²) in [6, 6.07) is 4.19. The standard InChI is InChI=1S/C16H14ClN3O5S/c1-3-25-15(22)14-9(2)18-16(26-14)19-13(21)7-5-10-4-6-11(17)12(8-10)20(23)24/h4-8H,3H2,1-2H3,(H,18,19,21). The Morgan fingerprint density at radius 2 is 2.19 bits per heavy atom. The van der Waals surface area contributed by atoms with Crippen molar-refractivity contribution in [2.24, 2.45) is 0 Å². The number of ether oxygens (including phenoxy) is 1. The van der Waals surface area contributed by atoms with Crippen LogP contribution in [0.15, 0.2) is 24.3 Å². The quantitative estimate of drug-likeness (QED) is 0.344. The largest absolute Gasteiger partial charge is 0.462 e. The van der Waals surface area contributed by atoms with E-state index in [1.165, 1.54) is 24.3 Å². The van der Waals surface area contributed by atoms with Gasteiger partial charge in [-0.15, -0.1) is 0 Å². The second-order valence-electron chi connectivity index (χ2n) is 4.94. The summed E-state index contributed by atoms with van der Waals surface area (Å²) in [6.07, 6.45) is 2.61. The second-order valence-corrected chi connectivity index (χ2v) is 6.35. The van der Waals surface area contributed by atoms with Gasteiger partial charge in [0.25, 0.3) is 5.69 Å². The van der Waals surface area contributed by atoms with Crippen LogP contribution in [-0.4, -0.2) is 28.4 Å². The average Bonchev–Trinajstić information content (AvgIpc) is 2.94. The molecule has 26 heavy (non-hydrogen) atoms. The van der Waals surface area contributed by atoms with Crippen molar-refractivity contribution >= 4 is 51.7 Å². The van der Waals surface area contributed by atoms with Crippen molar-refractivity contribution in [3.8, 4) is 0 Å². The predicted molar refractivity (Wildman–Crippen MR) is 98.6 cm³/mol. The van der Waals surface area contributed by atoms with Crippen molar-refractivity contribution < 1.29 is 19.2 Å². The highest BCUT2D eigenvalue weighted by atomic mass is 35.5. The Morgan fingerprint density at radius 3 is 2.85 bits per heavy atom. The lowest BCUT2D eigenvalue weighted by molar-refractivity contribution is -0.384. The molecule has 0 fully saturated rings. The number of nitro benzene ring substituents is 1. The van der Waals surface area contributed by atoms with E-state index in [9.17, 15) is 19.7 Å². The number of halogens is 1. The maximum atomic E-state index is 12.0. The lowest BCUT2D eigenvalue weighted by Gasteiger charge is -1.98. The van der Waals surface area contributed by atoms with Crippen LogP contribution in [0.2, 0.25) is 5.02 Å². The van der Waals surface area contributed by atoms with Crippen molar-refractivity contribution in [2.75, 3.05) is 11.9 Å². The van der Waals surface area contributed by atoms with Crippen LogP contribution in [0.3, 0.4) is 0 Å². The van der Waals surface area contributed by atoms with Crippen LogP contribution in [-0.2, 0) is 9.53 Å². The summed E-state index contributed by atoms with van der Waals surface area (Å²) in [7, 11) is 0. The molecule has 0 spiro atoms. The van der Waals surface area contributed by atoms with E-state index in [0.717, 1.165) is 11.3 Å². The Hall–Kier alpha value is -2.78. The number of aromatic nitrogens is 1. The Bertz CT molecular complexity index is 894. The first-order chi connectivity index (χ1) is 12.3. The molecule has 0 aliphatic carbocycles. The van der Waals surface area contributed by atoms with Crippen molar-refractivity contribution in [3.63, 3.8) is 0 Å². The summed E-state index contributed by atoms with van der Waals surface area (Å²) < 4.78 is 4.91. The van der Waals surface area contributed by atoms with Gasteiger partial charge in [-0.05, 0) is 31.6 Å². The first-order valence-electron chi connectivity index (χ1n) is 7.39. The lowest BCUT2D eigenvalue weighted by Crippen LogP contribution is -2.07. The van der Waals surface area contributed by atoms with Gasteiger partial charge in [-0.1, -0.05) is 29.0 Å². The number of benzene rings is 1. The molecule has 2 aromatic rings. The Morgan fingerprint density at radius 1 is 1.46 bits per heavy atom. The van der Waals surface area contributed by atoms with Gasteiger partial charge >= 0.3 is 5.97 Å². The minimum atomic E-state index is -0.602. The molecule has 0 saturated carbocycles. The van der Waals surface area contributed by atoms with Gasteiger partial charge in [0.1, 0.15) is 9.90 Å². The highest BCUT2D eigenvalue weighted by Crippen LogP contribution is 2.26. The molecule has 1 N–H and O–H groups in total. The predicted octanol–water partition coefficient (Wildman–Crippen LogP) is 3.84. The highest BCUT2D eigenvalue weighted by Gasteiger charge is 2.17. The van der Waals surface area contributed by atoms with E-state index >= 15 is 0 Å².